The first-order chi connectivity index (χ1) is 49.2. The van der Waals surface area contributed by atoms with Gasteiger partial charge >= 0.3 is 6.09 Å². The molecule has 14 fully saturated rings. The predicted molar refractivity (Wildman–Crippen MR) is 422 cm³/mol. The molecule has 602 valence electrons. The van der Waals surface area contributed by atoms with Crippen LogP contribution in [0.15, 0.2) is 6.20 Å². The number of carbonyl (C=O) groups excluding carboxylic acids is 6. The Bertz CT molecular complexity index is 2970. The number of carbonyl (C=O) groups is 6. The van der Waals surface area contributed by atoms with Gasteiger partial charge in [-0.3, -0.25) is 28.4 Å². The van der Waals surface area contributed by atoms with E-state index in [-0.39, 0.29) is 76.6 Å². The SMILES string of the molecule is CC.CC.CC[C@H]1CN(C(=O)C2(C)CC2)C[C@H]1C.CC[C@H]1CN(C(=O)OC(C)(C)C)C[C@H]1C.CC[C@H]1CN(c2ncc(C)s2)C[C@H]1C.C[C@@H]1CN(C(=O)C2(C)CC2)C[C@@H]1CF.C[C@@H]1CN(C(=O)C2(C)CC2)C[C@]1(C)F.C[C@@H]1CN(C(=O)C2CC2(C)F)CC12CCC2.C[C@@H]1CN(C(=O)C2CC2)CC12CCC2. The zero-order valence-corrected chi connectivity index (χ0v) is 71.2. The Hall–Kier alpha value is -4.16. The molecular weight excluding hydrogens is 1350 g/mol. The highest BCUT2D eigenvalue weighted by molar-refractivity contribution is 7.15. The van der Waals surface area contributed by atoms with Crippen LogP contribution in [0.25, 0.3) is 0 Å². The van der Waals surface area contributed by atoms with Gasteiger partial charge in [-0.25, -0.2) is 18.6 Å². The molecule has 14 atom stereocenters. The van der Waals surface area contributed by atoms with Gasteiger partial charge in [-0.05, 0) is 189 Å². The fourth-order valence-corrected chi connectivity index (χ4v) is 18.4. The van der Waals surface area contributed by atoms with Gasteiger partial charge in [-0.15, -0.1) is 11.3 Å². The van der Waals surface area contributed by atoms with Gasteiger partial charge in [0.2, 0.25) is 29.5 Å². The molecule has 1 aromatic heterocycles. The Balaban J connectivity index is 0.000000170. The largest absolute Gasteiger partial charge is 0.444 e. The minimum Gasteiger partial charge on any atom is -0.444 e. The molecule has 1 aromatic rings. The molecular formula is C86H149F3N8O7S. The third-order valence-corrected chi connectivity index (χ3v) is 28.6. The number of thiazole rings is 1. The highest BCUT2D eigenvalue weighted by Crippen LogP contribution is 2.56. The van der Waals surface area contributed by atoms with E-state index in [1.165, 1.54) is 74.5 Å². The van der Waals surface area contributed by atoms with Crippen LogP contribution in [0.2, 0.25) is 0 Å². The monoisotopic (exact) mass is 1500 g/mol. The summed E-state index contributed by atoms with van der Waals surface area (Å²) in [6.45, 7) is 59.0. The van der Waals surface area contributed by atoms with E-state index in [1.807, 2.05) is 108 Å². The van der Waals surface area contributed by atoms with Gasteiger partial charge in [-0.2, -0.15) is 0 Å². The average Bonchev–Trinajstić information content (AvgIpc) is 1.61. The van der Waals surface area contributed by atoms with Gasteiger partial charge in [-0.1, -0.05) is 150 Å². The topological polar surface area (TPSA) is 147 Å². The number of hydrogen-bond donors (Lipinski definition) is 0. The second-order valence-corrected chi connectivity index (χ2v) is 39.0. The van der Waals surface area contributed by atoms with Gasteiger partial charge in [0.15, 0.2) is 5.13 Å². The fraction of sp³-hybridized carbons (Fsp3) is 0.895. The Morgan fingerprint density at radius 2 is 0.876 bits per heavy atom. The number of anilines is 1. The number of amides is 6. The Morgan fingerprint density at radius 1 is 0.495 bits per heavy atom. The molecule has 2 unspecified atom stereocenters. The van der Waals surface area contributed by atoms with Crippen molar-refractivity contribution in [2.24, 2.45) is 104 Å². The lowest BCUT2D eigenvalue weighted by Crippen LogP contribution is -2.38. The predicted octanol–water partition coefficient (Wildman–Crippen LogP) is 18.4. The van der Waals surface area contributed by atoms with Crippen LogP contribution in [0.3, 0.4) is 0 Å². The molecule has 15 rings (SSSR count). The number of likely N-dealkylation sites (tertiary alicyclic amines) is 6. The number of ether oxygens (including phenoxy) is 1. The number of hydrogen-bond acceptors (Lipinski definition) is 10. The maximum Gasteiger partial charge on any atom is 0.410 e. The van der Waals surface area contributed by atoms with Crippen molar-refractivity contribution in [1.82, 2.24) is 34.4 Å². The summed E-state index contributed by atoms with van der Waals surface area (Å²) in [5.41, 5.74) is -2.06. The fourth-order valence-electron chi connectivity index (χ4n) is 17.6. The molecule has 0 bridgehead atoms. The smallest absolute Gasteiger partial charge is 0.410 e. The lowest BCUT2D eigenvalue weighted by Gasteiger charge is -2.41. The van der Waals surface area contributed by atoms with Gasteiger partial charge in [0.1, 0.15) is 16.9 Å². The second-order valence-electron chi connectivity index (χ2n) is 37.8. The van der Waals surface area contributed by atoms with Crippen molar-refractivity contribution in [2.45, 2.75) is 292 Å². The molecule has 14 aliphatic rings. The van der Waals surface area contributed by atoms with E-state index in [2.05, 4.69) is 88.9 Å². The first-order valence-corrected chi connectivity index (χ1v) is 43.0. The van der Waals surface area contributed by atoms with E-state index in [0.717, 1.165) is 140 Å². The van der Waals surface area contributed by atoms with Crippen LogP contribution < -0.4 is 4.90 Å². The first-order valence-electron chi connectivity index (χ1n) is 42.2. The van der Waals surface area contributed by atoms with Crippen LogP contribution in [0.4, 0.5) is 23.1 Å². The molecule has 8 heterocycles. The average molecular weight is 1500 g/mol. The summed E-state index contributed by atoms with van der Waals surface area (Å²) < 4.78 is 45.2. The third kappa shape index (κ3) is 22.1. The van der Waals surface area contributed by atoms with Crippen LogP contribution >= 0.6 is 11.3 Å². The summed E-state index contributed by atoms with van der Waals surface area (Å²) in [5, 5.41) is 1.21. The molecule has 0 N–H and O–H groups in total. The van der Waals surface area contributed by atoms with Crippen LogP contribution in [0.5, 0.6) is 0 Å². The van der Waals surface area contributed by atoms with Gasteiger partial charge in [0.05, 0.1) is 19.1 Å². The third-order valence-electron chi connectivity index (χ3n) is 27.6. The summed E-state index contributed by atoms with van der Waals surface area (Å²) in [4.78, 5) is 91.5. The highest BCUT2D eigenvalue weighted by atomic mass is 32.1. The lowest BCUT2D eigenvalue weighted by molar-refractivity contribution is -0.136. The molecule has 7 saturated heterocycles. The van der Waals surface area contributed by atoms with E-state index >= 15 is 0 Å². The van der Waals surface area contributed by atoms with Crippen molar-refractivity contribution in [3.8, 4) is 0 Å². The standard InChI is InChI=1S/C13H20FNO.C12H23NO2.C12H19NO.C12H21NO.2C11H18FNO.C11H18N2S.2C2H6/c1-9-7-15(8-13(9)4-3-5-13)11(16)10-6-12(10,2)14;1-6-10-8-13(7-9(10)2)11(14)15-12(3,4)5;1-9-7-13(11(14)10-3-4-10)8-12(9)5-2-6-12;1-4-10-8-13(7-9(10)2)11(14)12(3)5-6-12;1-8-6-13(7-11(8,3)12)9(14)10(2)4-5-10;1-8-6-13(7-9(8)5-12)10(14)11(2)3-4-11;1-4-10-7-13(6-8(10)2)11-12-5-9(3)14-11;2*1-2/h9-10H,3-8H2,1-2H3;9-10H,6-8H2,1-5H3;9-10H,2-8H2,1H3;9-10H,4-8H2,1-3H3;8H,4-7H2,1-3H3;8-9H,3-7H2,1-2H3;5,8,10H,4,6-7H2,1-3H3;2*1-2H3/t9-,10?,12?;9-,10+;9-;9-,10+;8-,11+;8-,9+;8-,10+;;/m1111111../s1. The van der Waals surface area contributed by atoms with E-state index in [9.17, 15) is 41.9 Å². The summed E-state index contributed by atoms with van der Waals surface area (Å²) >= 11 is 1.81. The van der Waals surface area contributed by atoms with Crippen LogP contribution in [0.1, 0.15) is 273 Å². The molecule has 0 aromatic carbocycles. The molecule has 15 nitrogen and oxygen atoms in total. The Morgan fingerprint density at radius 3 is 1.19 bits per heavy atom. The molecule has 7 aliphatic carbocycles. The van der Waals surface area contributed by atoms with Crippen molar-refractivity contribution in [1.29, 1.82) is 0 Å². The molecule has 2 spiro atoms. The Kier molecular flexibility index (Phi) is 30.1. The molecule has 6 amide bonds. The van der Waals surface area contributed by atoms with Crippen molar-refractivity contribution in [3.63, 3.8) is 0 Å². The van der Waals surface area contributed by atoms with E-state index in [1.54, 1.807) is 18.7 Å². The lowest BCUT2D eigenvalue weighted by atomic mass is 9.63. The van der Waals surface area contributed by atoms with Crippen molar-refractivity contribution >= 4 is 52.1 Å². The maximum atomic E-state index is 13.8. The van der Waals surface area contributed by atoms with Crippen LogP contribution in [-0.2, 0) is 28.7 Å². The Labute approximate surface area is 639 Å². The summed E-state index contributed by atoms with van der Waals surface area (Å²) in [6.07, 6.45) is 22.3. The molecule has 7 aliphatic heterocycles. The second kappa shape index (κ2) is 35.9. The van der Waals surface area contributed by atoms with Crippen molar-refractivity contribution < 1.29 is 46.7 Å². The number of nitrogens with zero attached hydrogens (tertiary/aromatic N) is 8. The van der Waals surface area contributed by atoms with E-state index in [4.69, 9.17) is 4.74 Å². The summed E-state index contributed by atoms with van der Waals surface area (Å²) in [7, 11) is 0. The number of aromatic nitrogens is 1. The highest BCUT2D eigenvalue weighted by Gasteiger charge is 2.60. The molecule has 19 heteroatoms. The summed E-state index contributed by atoms with van der Waals surface area (Å²) in [5.74, 6) is 7.51. The van der Waals surface area contributed by atoms with E-state index in [0.29, 0.717) is 77.7 Å². The minimum absolute atomic E-state index is 0.0301. The van der Waals surface area contributed by atoms with Crippen molar-refractivity contribution in [3.05, 3.63) is 11.1 Å². The number of alkyl halides is 3. The maximum absolute atomic E-state index is 13.8. The van der Waals surface area contributed by atoms with Gasteiger partial charge in [0.25, 0.3) is 0 Å². The molecule has 7 saturated carbocycles. The van der Waals surface area contributed by atoms with Crippen molar-refractivity contribution in [2.75, 3.05) is 103 Å². The quantitative estimate of drug-likeness (QED) is 0.223. The van der Waals surface area contributed by atoms with Gasteiger partial charge in [0, 0.05) is 130 Å². The molecule has 105 heavy (non-hydrogen) atoms. The van der Waals surface area contributed by atoms with Crippen LogP contribution in [0, 0.1) is 111 Å². The zero-order chi connectivity index (χ0) is 78.3. The van der Waals surface area contributed by atoms with Gasteiger partial charge < -0.3 is 39.0 Å². The number of halogens is 3. The normalized spacial score (nSPS) is 33.6. The number of aryl methyl sites for hydroxylation is 1. The summed E-state index contributed by atoms with van der Waals surface area (Å²) in [6, 6.07) is 0. The zero-order valence-electron chi connectivity index (χ0n) is 70.4. The minimum atomic E-state index is -1.21. The van der Waals surface area contributed by atoms with Crippen LogP contribution in [-0.4, -0.2) is 185 Å². The first kappa shape index (κ1) is 88.1. The molecule has 0 radical (unpaired) electrons. The number of rotatable bonds is 10. The van der Waals surface area contributed by atoms with E-state index < -0.39 is 11.3 Å².